The van der Waals surface area contributed by atoms with E-state index in [9.17, 15) is 4.79 Å². The van der Waals surface area contributed by atoms with Crippen LogP contribution in [0.2, 0.25) is 0 Å². The quantitative estimate of drug-likeness (QED) is 0.459. The van der Waals surface area contributed by atoms with Crippen LogP contribution in [0.1, 0.15) is 43.6 Å². The fourth-order valence-electron chi connectivity index (χ4n) is 1.20. The molecular formula is C16H27BrO3S. The highest BCUT2D eigenvalue weighted by Gasteiger charge is 2.07. The third-order valence-corrected chi connectivity index (χ3v) is 2.25. The minimum atomic E-state index is -0.329. The van der Waals surface area contributed by atoms with Gasteiger partial charge in [0.25, 0.3) is 0 Å². The van der Waals surface area contributed by atoms with Crippen LogP contribution >= 0.6 is 28.6 Å². The van der Waals surface area contributed by atoms with Gasteiger partial charge in [-0.2, -0.15) is 12.6 Å². The highest BCUT2D eigenvalue weighted by molar-refractivity contribution is 9.09. The van der Waals surface area contributed by atoms with E-state index in [0.717, 1.165) is 16.6 Å². The summed E-state index contributed by atoms with van der Waals surface area (Å²) in [6.45, 7) is 10.6. The standard InChI is InChI=1S/C11H13BrO3.C3H8S.C2H6/c1-8-7-9(11(13)14-2)3-4-10(8)15-6-5-12;1-3(2)4;1-2/h3-4,7H,5-6H2,1-2H3;3-4H,1-2H3;1-2H3. The summed E-state index contributed by atoms with van der Waals surface area (Å²) < 4.78 is 10.1. The number of carbonyl (C=O) groups is 1. The Morgan fingerprint density at radius 2 is 1.86 bits per heavy atom. The zero-order chi connectivity index (χ0) is 16.8. The van der Waals surface area contributed by atoms with Gasteiger partial charge in [-0.25, -0.2) is 4.79 Å². The summed E-state index contributed by atoms with van der Waals surface area (Å²) in [4.78, 5) is 11.2. The molecule has 1 rings (SSSR count). The number of benzene rings is 1. The summed E-state index contributed by atoms with van der Waals surface area (Å²) in [5.74, 6) is 0.465. The summed E-state index contributed by atoms with van der Waals surface area (Å²) >= 11 is 7.25. The Hall–Kier alpha value is -0.680. The molecule has 0 saturated heterocycles. The number of thiol groups is 1. The number of carbonyl (C=O) groups excluding carboxylic acids is 1. The molecule has 0 spiro atoms. The molecule has 1 aromatic carbocycles. The van der Waals surface area contributed by atoms with Crippen molar-refractivity contribution in [1.29, 1.82) is 0 Å². The molecule has 0 bridgehead atoms. The lowest BCUT2D eigenvalue weighted by molar-refractivity contribution is 0.0600. The van der Waals surface area contributed by atoms with Gasteiger partial charge in [0, 0.05) is 5.33 Å². The van der Waals surface area contributed by atoms with E-state index in [2.05, 4.69) is 33.3 Å². The Morgan fingerprint density at radius 1 is 1.33 bits per heavy atom. The van der Waals surface area contributed by atoms with Crippen molar-refractivity contribution in [2.75, 3.05) is 19.0 Å². The maximum Gasteiger partial charge on any atom is 0.337 e. The van der Waals surface area contributed by atoms with Gasteiger partial charge < -0.3 is 9.47 Å². The van der Waals surface area contributed by atoms with Crippen molar-refractivity contribution in [3.63, 3.8) is 0 Å². The van der Waals surface area contributed by atoms with Crippen molar-refractivity contribution in [2.24, 2.45) is 0 Å². The van der Waals surface area contributed by atoms with Gasteiger partial charge in [-0.1, -0.05) is 43.6 Å². The lowest BCUT2D eigenvalue weighted by atomic mass is 10.1. The first kappa shape index (κ1) is 22.6. The van der Waals surface area contributed by atoms with Gasteiger partial charge in [-0.3, -0.25) is 0 Å². The van der Waals surface area contributed by atoms with E-state index in [-0.39, 0.29) is 5.97 Å². The molecule has 0 N–H and O–H groups in total. The predicted molar refractivity (Wildman–Crippen MR) is 97.3 cm³/mol. The van der Waals surface area contributed by atoms with Crippen molar-refractivity contribution < 1.29 is 14.3 Å². The molecule has 0 unspecified atom stereocenters. The van der Waals surface area contributed by atoms with Crippen LogP contribution < -0.4 is 4.74 Å². The van der Waals surface area contributed by atoms with Crippen LogP contribution in [-0.4, -0.2) is 30.3 Å². The Balaban J connectivity index is 0. The van der Waals surface area contributed by atoms with E-state index in [4.69, 9.17) is 4.74 Å². The van der Waals surface area contributed by atoms with Crippen LogP contribution in [0.5, 0.6) is 5.75 Å². The molecule has 0 atom stereocenters. The second kappa shape index (κ2) is 14.3. The number of esters is 1. The number of halogens is 1. The van der Waals surface area contributed by atoms with E-state index in [1.165, 1.54) is 7.11 Å². The molecule has 0 aromatic heterocycles. The van der Waals surface area contributed by atoms with E-state index in [1.54, 1.807) is 18.2 Å². The van der Waals surface area contributed by atoms with Gasteiger partial charge in [0.15, 0.2) is 0 Å². The van der Waals surface area contributed by atoms with Gasteiger partial charge >= 0.3 is 5.97 Å². The summed E-state index contributed by atoms with van der Waals surface area (Å²) in [5.41, 5.74) is 1.47. The molecule has 0 radical (unpaired) electrons. The molecular weight excluding hydrogens is 352 g/mol. The number of methoxy groups -OCH3 is 1. The zero-order valence-corrected chi connectivity index (χ0v) is 16.3. The van der Waals surface area contributed by atoms with Gasteiger partial charge in [0.1, 0.15) is 5.75 Å². The average Bonchev–Trinajstić information content (AvgIpc) is 2.46. The molecule has 1 aromatic rings. The van der Waals surface area contributed by atoms with Crippen molar-refractivity contribution >= 4 is 34.5 Å². The Morgan fingerprint density at radius 3 is 2.24 bits per heavy atom. The molecule has 0 aliphatic carbocycles. The van der Waals surface area contributed by atoms with Crippen LogP contribution in [0, 0.1) is 6.92 Å². The lowest BCUT2D eigenvalue weighted by Gasteiger charge is -2.08. The molecule has 21 heavy (non-hydrogen) atoms. The van der Waals surface area contributed by atoms with Gasteiger partial charge in [-0.15, -0.1) is 0 Å². The minimum absolute atomic E-state index is 0.329. The number of hydrogen-bond acceptors (Lipinski definition) is 4. The Labute approximate surface area is 143 Å². The zero-order valence-electron chi connectivity index (χ0n) is 13.8. The van der Waals surface area contributed by atoms with Crippen LogP contribution in [0.4, 0.5) is 0 Å². The van der Waals surface area contributed by atoms with E-state index in [1.807, 2.05) is 34.6 Å². The normalized spacial score (nSPS) is 9.00. The van der Waals surface area contributed by atoms with Crippen molar-refractivity contribution in [2.45, 2.75) is 39.9 Å². The number of rotatable bonds is 4. The summed E-state index contributed by atoms with van der Waals surface area (Å²) in [5, 5.41) is 1.31. The molecule has 0 heterocycles. The third kappa shape index (κ3) is 11.6. The van der Waals surface area contributed by atoms with Crippen LogP contribution in [-0.2, 0) is 4.74 Å². The van der Waals surface area contributed by atoms with E-state index in [0.29, 0.717) is 17.4 Å². The summed E-state index contributed by atoms with van der Waals surface area (Å²) in [6.07, 6.45) is 0. The molecule has 0 amide bonds. The first-order valence-corrected chi connectivity index (χ1v) is 8.62. The molecule has 3 nitrogen and oxygen atoms in total. The predicted octanol–water partition coefficient (Wildman–Crippen LogP) is 4.91. The van der Waals surface area contributed by atoms with Crippen LogP contribution in [0.25, 0.3) is 0 Å². The molecule has 0 aliphatic rings. The average molecular weight is 379 g/mol. The summed E-state index contributed by atoms with van der Waals surface area (Å²) in [7, 11) is 1.37. The number of alkyl halides is 1. The Kier molecular flexibility index (Phi) is 15.4. The fraction of sp³-hybridized carbons (Fsp3) is 0.562. The number of hydrogen-bond donors (Lipinski definition) is 1. The van der Waals surface area contributed by atoms with Gasteiger partial charge in [0.05, 0.1) is 19.3 Å². The van der Waals surface area contributed by atoms with Crippen LogP contribution in [0.3, 0.4) is 0 Å². The van der Waals surface area contributed by atoms with E-state index < -0.39 is 0 Å². The lowest BCUT2D eigenvalue weighted by Crippen LogP contribution is -2.03. The maximum absolute atomic E-state index is 11.2. The van der Waals surface area contributed by atoms with Crippen LogP contribution in [0.15, 0.2) is 18.2 Å². The monoisotopic (exact) mass is 378 g/mol. The molecule has 5 heteroatoms. The smallest absolute Gasteiger partial charge is 0.337 e. The SMILES string of the molecule is CC.CC(C)S.COC(=O)c1ccc(OCCBr)c(C)c1. The second-order valence-corrected chi connectivity index (χ2v) is 5.93. The number of ether oxygens (including phenoxy) is 2. The van der Waals surface area contributed by atoms with Crippen molar-refractivity contribution in [3.8, 4) is 5.75 Å². The molecule has 0 saturated carbocycles. The minimum Gasteiger partial charge on any atom is -0.492 e. The number of aryl methyl sites for hydroxylation is 1. The topological polar surface area (TPSA) is 35.5 Å². The van der Waals surface area contributed by atoms with E-state index >= 15 is 0 Å². The second-order valence-electron chi connectivity index (χ2n) is 4.10. The largest absolute Gasteiger partial charge is 0.492 e. The Bertz CT molecular complexity index is 392. The van der Waals surface area contributed by atoms with Gasteiger partial charge in [-0.05, 0) is 35.9 Å². The first-order chi connectivity index (χ1) is 9.92. The van der Waals surface area contributed by atoms with Crippen molar-refractivity contribution in [3.05, 3.63) is 29.3 Å². The molecule has 0 aliphatic heterocycles. The fourth-order valence-corrected chi connectivity index (χ4v) is 1.37. The highest BCUT2D eigenvalue weighted by atomic mass is 79.9. The maximum atomic E-state index is 11.2. The van der Waals surface area contributed by atoms with Crippen molar-refractivity contribution in [1.82, 2.24) is 0 Å². The molecule has 122 valence electrons. The first-order valence-electron chi connectivity index (χ1n) is 6.98. The third-order valence-electron chi connectivity index (χ3n) is 1.93. The summed E-state index contributed by atoms with van der Waals surface area (Å²) in [6, 6.07) is 5.24. The molecule has 0 fully saturated rings. The van der Waals surface area contributed by atoms with Gasteiger partial charge in [0.2, 0.25) is 0 Å². The highest BCUT2D eigenvalue weighted by Crippen LogP contribution is 2.19.